The summed E-state index contributed by atoms with van der Waals surface area (Å²) in [5.41, 5.74) is 6.07. The molecule has 0 saturated heterocycles. The van der Waals surface area contributed by atoms with Crippen molar-refractivity contribution in [2.24, 2.45) is 5.73 Å². The Balaban J connectivity index is 0.00000196. The van der Waals surface area contributed by atoms with E-state index in [0.717, 1.165) is 0 Å². The lowest BCUT2D eigenvalue weighted by atomic mass is 10.1. The van der Waals surface area contributed by atoms with Gasteiger partial charge in [-0.25, -0.2) is 4.39 Å². The number of carbonyl (C=O) groups is 1. The lowest BCUT2D eigenvalue weighted by Crippen LogP contribution is -2.23. The van der Waals surface area contributed by atoms with Crippen LogP contribution in [0, 0.1) is 5.82 Å². The standard InChI is InChI=1S/C10H13FN2O.ClH/c1-2-13-10(14)8-4-3-7(6-12)5-9(8)11;/h3-5H,2,6,12H2,1H3,(H,13,14);1H. The first-order valence-electron chi connectivity index (χ1n) is 4.45. The molecule has 1 aromatic carbocycles. The summed E-state index contributed by atoms with van der Waals surface area (Å²) >= 11 is 0. The van der Waals surface area contributed by atoms with Gasteiger partial charge in [-0.15, -0.1) is 12.4 Å². The Bertz CT molecular complexity index is 344. The summed E-state index contributed by atoms with van der Waals surface area (Å²) in [6.07, 6.45) is 0. The highest BCUT2D eigenvalue weighted by atomic mass is 35.5. The zero-order chi connectivity index (χ0) is 10.6. The number of nitrogens with two attached hydrogens (primary N) is 1. The first-order chi connectivity index (χ1) is 6.69. The molecule has 84 valence electrons. The predicted octanol–water partition coefficient (Wildman–Crippen LogP) is 1.46. The number of benzene rings is 1. The van der Waals surface area contributed by atoms with Crippen molar-refractivity contribution in [1.82, 2.24) is 5.32 Å². The summed E-state index contributed by atoms with van der Waals surface area (Å²) in [7, 11) is 0. The van der Waals surface area contributed by atoms with Crippen LogP contribution < -0.4 is 11.1 Å². The number of nitrogens with one attached hydrogen (secondary N) is 1. The van der Waals surface area contributed by atoms with E-state index < -0.39 is 11.7 Å². The fourth-order valence-corrected chi connectivity index (χ4v) is 1.13. The second-order valence-corrected chi connectivity index (χ2v) is 2.88. The van der Waals surface area contributed by atoms with E-state index >= 15 is 0 Å². The summed E-state index contributed by atoms with van der Waals surface area (Å²) in [5.74, 6) is -0.924. The Morgan fingerprint density at radius 1 is 1.53 bits per heavy atom. The van der Waals surface area contributed by atoms with Crippen LogP contribution in [0.2, 0.25) is 0 Å². The van der Waals surface area contributed by atoms with Crippen LogP contribution in [-0.2, 0) is 6.54 Å². The van der Waals surface area contributed by atoms with Crippen molar-refractivity contribution >= 4 is 18.3 Å². The number of hydrogen-bond donors (Lipinski definition) is 2. The number of amides is 1. The average Bonchev–Trinajstić information content (AvgIpc) is 2.17. The van der Waals surface area contributed by atoms with Crippen LogP contribution in [0.3, 0.4) is 0 Å². The quantitative estimate of drug-likeness (QED) is 0.829. The number of halogens is 2. The molecule has 0 saturated carbocycles. The molecule has 0 unspecified atom stereocenters. The molecule has 15 heavy (non-hydrogen) atoms. The van der Waals surface area contributed by atoms with Crippen LogP contribution in [0.5, 0.6) is 0 Å². The van der Waals surface area contributed by atoms with Gasteiger partial charge in [-0.05, 0) is 24.6 Å². The highest BCUT2D eigenvalue weighted by Gasteiger charge is 2.10. The molecule has 0 radical (unpaired) electrons. The fraction of sp³-hybridized carbons (Fsp3) is 0.300. The highest BCUT2D eigenvalue weighted by Crippen LogP contribution is 2.09. The Morgan fingerprint density at radius 2 is 2.20 bits per heavy atom. The van der Waals surface area contributed by atoms with Gasteiger partial charge in [-0.3, -0.25) is 4.79 Å². The summed E-state index contributed by atoms with van der Waals surface area (Å²) < 4.78 is 13.3. The number of hydrogen-bond acceptors (Lipinski definition) is 2. The first-order valence-corrected chi connectivity index (χ1v) is 4.45. The van der Waals surface area contributed by atoms with Crippen molar-refractivity contribution in [3.8, 4) is 0 Å². The minimum atomic E-state index is -0.529. The van der Waals surface area contributed by atoms with Crippen LogP contribution in [0.4, 0.5) is 4.39 Å². The fourth-order valence-electron chi connectivity index (χ4n) is 1.13. The van der Waals surface area contributed by atoms with Crippen molar-refractivity contribution < 1.29 is 9.18 Å². The van der Waals surface area contributed by atoms with Gasteiger partial charge in [0.1, 0.15) is 5.82 Å². The molecule has 1 rings (SSSR count). The van der Waals surface area contributed by atoms with Crippen molar-refractivity contribution in [2.45, 2.75) is 13.5 Å². The number of carbonyl (C=O) groups excluding carboxylic acids is 1. The summed E-state index contributed by atoms with van der Waals surface area (Å²) in [6, 6.07) is 4.38. The van der Waals surface area contributed by atoms with Crippen LogP contribution in [0.1, 0.15) is 22.8 Å². The molecule has 3 nitrogen and oxygen atoms in total. The monoisotopic (exact) mass is 232 g/mol. The average molecular weight is 233 g/mol. The Kier molecular flexibility index (Phi) is 5.89. The lowest BCUT2D eigenvalue weighted by molar-refractivity contribution is 0.0952. The smallest absolute Gasteiger partial charge is 0.254 e. The molecule has 0 fully saturated rings. The minimum absolute atomic E-state index is 0. The molecule has 0 heterocycles. The molecule has 0 spiro atoms. The second-order valence-electron chi connectivity index (χ2n) is 2.88. The molecule has 0 aromatic heterocycles. The minimum Gasteiger partial charge on any atom is -0.352 e. The van der Waals surface area contributed by atoms with Crippen molar-refractivity contribution in [3.05, 3.63) is 35.1 Å². The lowest BCUT2D eigenvalue weighted by Gasteiger charge is -2.04. The molecule has 0 aliphatic rings. The van der Waals surface area contributed by atoms with Gasteiger partial charge in [-0.2, -0.15) is 0 Å². The molecular weight excluding hydrogens is 219 g/mol. The molecule has 0 bridgehead atoms. The summed E-state index contributed by atoms with van der Waals surface area (Å²) in [6.45, 7) is 2.54. The van der Waals surface area contributed by atoms with Crippen LogP contribution in [0.25, 0.3) is 0 Å². The molecule has 0 aliphatic heterocycles. The topological polar surface area (TPSA) is 55.1 Å². The van der Waals surface area contributed by atoms with Gasteiger partial charge in [-0.1, -0.05) is 6.07 Å². The maximum Gasteiger partial charge on any atom is 0.254 e. The Labute approximate surface area is 94.3 Å². The van der Waals surface area contributed by atoms with E-state index in [9.17, 15) is 9.18 Å². The Hall–Kier alpha value is -1.13. The van der Waals surface area contributed by atoms with E-state index in [1.165, 1.54) is 12.1 Å². The maximum atomic E-state index is 13.3. The van der Waals surface area contributed by atoms with E-state index in [4.69, 9.17) is 5.73 Å². The van der Waals surface area contributed by atoms with E-state index in [-0.39, 0.29) is 24.5 Å². The normalized spacial score (nSPS) is 9.27. The highest BCUT2D eigenvalue weighted by molar-refractivity contribution is 5.94. The van der Waals surface area contributed by atoms with Gasteiger partial charge >= 0.3 is 0 Å². The SMILES string of the molecule is CCNC(=O)c1ccc(CN)cc1F.Cl. The molecule has 3 N–H and O–H groups in total. The maximum absolute atomic E-state index is 13.3. The molecule has 1 amide bonds. The molecular formula is C10H14ClFN2O. The van der Waals surface area contributed by atoms with Crippen LogP contribution in [-0.4, -0.2) is 12.5 Å². The van der Waals surface area contributed by atoms with E-state index in [2.05, 4.69) is 5.32 Å². The predicted molar refractivity (Wildman–Crippen MR) is 59.5 cm³/mol. The number of rotatable bonds is 3. The zero-order valence-electron chi connectivity index (χ0n) is 8.42. The van der Waals surface area contributed by atoms with E-state index in [1.807, 2.05) is 0 Å². The first kappa shape index (κ1) is 13.9. The zero-order valence-corrected chi connectivity index (χ0v) is 9.23. The van der Waals surface area contributed by atoms with Crippen molar-refractivity contribution in [1.29, 1.82) is 0 Å². The second kappa shape index (κ2) is 6.37. The van der Waals surface area contributed by atoms with Gasteiger partial charge < -0.3 is 11.1 Å². The third kappa shape index (κ3) is 3.49. The van der Waals surface area contributed by atoms with Gasteiger partial charge in [0, 0.05) is 13.1 Å². The van der Waals surface area contributed by atoms with E-state index in [1.54, 1.807) is 13.0 Å². The van der Waals surface area contributed by atoms with Crippen LogP contribution in [0.15, 0.2) is 18.2 Å². The van der Waals surface area contributed by atoms with Crippen molar-refractivity contribution in [2.75, 3.05) is 6.54 Å². The van der Waals surface area contributed by atoms with Crippen LogP contribution >= 0.6 is 12.4 Å². The Morgan fingerprint density at radius 3 is 2.67 bits per heavy atom. The summed E-state index contributed by atoms with van der Waals surface area (Å²) in [4.78, 5) is 11.3. The summed E-state index contributed by atoms with van der Waals surface area (Å²) in [5, 5.41) is 2.53. The third-order valence-electron chi connectivity index (χ3n) is 1.85. The van der Waals surface area contributed by atoms with Gasteiger partial charge in [0.2, 0.25) is 0 Å². The van der Waals surface area contributed by atoms with Gasteiger partial charge in [0.15, 0.2) is 0 Å². The third-order valence-corrected chi connectivity index (χ3v) is 1.85. The van der Waals surface area contributed by atoms with E-state index in [0.29, 0.717) is 12.1 Å². The van der Waals surface area contributed by atoms with Gasteiger partial charge in [0.05, 0.1) is 5.56 Å². The van der Waals surface area contributed by atoms with Crippen molar-refractivity contribution in [3.63, 3.8) is 0 Å². The molecule has 5 heteroatoms. The largest absolute Gasteiger partial charge is 0.352 e. The molecule has 0 atom stereocenters. The van der Waals surface area contributed by atoms with Gasteiger partial charge in [0.25, 0.3) is 5.91 Å². The molecule has 1 aromatic rings. The molecule has 0 aliphatic carbocycles.